The highest BCUT2D eigenvalue weighted by Gasteiger charge is 2.29. The molecule has 2 heterocycles. The van der Waals surface area contributed by atoms with Gasteiger partial charge in [-0.25, -0.2) is 21.6 Å². The first-order valence-corrected chi connectivity index (χ1v) is 13.0. The van der Waals surface area contributed by atoms with E-state index in [0.717, 1.165) is 25.3 Å². The van der Waals surface area contributed by atoms with Gasteiger partial charge in [-0.05, 0) is 56.1 Å². The maximum Gasteiger partial charge on any atom is 0.223 e. The molecule has 0 bridgehead atoms. The van der Waals surface area contributed by atoms with Crippen LogP contribution in [-0.2, 0) is 25.8 Å². The molecule has 3 rings (SSSR count). The van der Waals surface area contributed by atoms with Crippen molar-refractivity contribution in [2.75, 3.05) is 31.2 Å². The second-order valence-corrected chi connectivity index (χ2v) is 11.0. The van der Waals surface area contributed by atoms with Gasteiger partial charge in [-0.15, -0.1) is 0 Å². The minimum atomic E-state index is -3.37. The van der Waals surface area contributed by atoms with E-state index in [0.29, 0.717) is 38.6 Å². The van der Waals surface area contributed by atoms with Gasteiger partial charge in [0.05, 0.1) is 17.6 Å². The number of hydrogen-bond donors (Lipinski definition) is 1. The van der Waals surface area contributed by atoms with Crippen molar-refractivity contribution in [1.82, 2.24) is 4.90 Å². The topological polar surface area (TPSA) is 89.7 Å². The Morgan fingerprint density at radius 1 is 1.09 bits per heavy atom. The van der Waals surface area contributed by atoms with Crippen LogP contribution in [0.4, 0.5) is 13.2 Å². The van der Waals surface area contributed by atoms with Gasteiger partial charge in [-0.3, -0.25) is 4.79 Å². The molecule has 10 heteroatoms. The molecule has 1 aromatic rings. The van der Waals surface area contributed by atoms with Crippen LogP contribution in [0.1, 0.15) is 44.1 Å². The standard InChI is InChI=1S/C22H31F3N2O4S/c23-18-13-20(25)19(24)11-16(18)12-21(26)15-4-7-27(8-5-15)22(28)6-10-32(29,30)14-17-3-1-2-9-31-17/h11,13,15,17,21H,1-10,12,14,26H2. The Bertz CT molecular complexity index is 899. The van der Waals surface area contributed by atoms with Crippen LogP contribution >= 0.6 is 0 Å². The average molecular weight is 477 g/mol. The second-order valence-electron chi connectivity index (χ2n) is 8.80. The molecule has 1 amide bonds. The molecule has 2 N–H and O–H groups in total. The van der Waals surface area contributed by atoms with Gasteiger partial charge in [0.2, 0.25) is 5.91 Å². The Balaban J connectivity index is 1.43. The number of benzene rings is 1. The number of sulfone groups is 1. The summed E-state index contributed by atoms with van der Waals surface area (Å²) in [5, 5.41) is 0. The first-order chi connectivity index (χ1) is 15.1. The number of carbonyl (C=O) groups excluding carboxylic acids is 1. The molecule has 180 valence electrons. The van der Waals surface area contributed by atoms with Crippen molar-refractivity contribution >= 4 is 15.7 Å². The smallest absolute Gasteiger partial charge is 0.223 e. The van der Waals surface area contributed by atoms with Gasteiger partial charge in [0, 0.05) is 38.2 Å². The summed E-state index contributed by atoms with van der Waals surface area (Å²) in [5.74, 6) is -3.63. The molecule has 0 spiro atoms. The average Bonchev–Trinajstić information content (AvgIpc) is 2.76. The summed E-state index contributed by atoms with van der Waals surface area (Å²) in [6, 6.07) is 0.900. The van der Waals surface area contributed by atoms with Crippen LogP contribution < -0.4 is 5.73 Å². The zero-order valence-corrected chi connectivity index (χ0v) is 18.9. The van der Waals surface area contributed by atoms with Gasteiger partial charge < -0.3 is 15.4 Å². The van der Waals surface area contributed by atoms with Crippen LogP contribution in [0.2, 0.25) is 0 Å². The number of ether oxygens (including phenoxy) is 1. The number of nitrogens with two attached hydrogens (primary N) is 1. The lowest BCUT2D eigenvalue weighted by atomic mass is 9.86. The molecular weight excluding hydrogens is 445 g/mol. The Labute approximate surface area is 187 Å². The van der Waals surface area contributed by atoms with E-state index in [2.05, 4.69) is 0 Å². The van der Waals surface area contributed by atoms with Gasteiger partial charge in [0.25, 0.3) is 0 Å². The summed E-state index contributed by atoms with van der Waals surface area (Å²) in [6.07, 6.45) is 3.54. The minimum Gasteiger partial charge on any atom is -0.377 e. The van der Waals surface area contributed by atoms with Gasteiger partial charge in [-0.1, -0.05) is 0 Å². The summed E-state index contributed by atoms with van der Waals surface area (Å²) >= 11 is 0. The second kappa shape index (κ2) is 11.0. The number of halogens is 3. The van der Waals surface area contributed by atoms with Crippen LogP contribution in [0.15, 0.2) is 12.1 Å². The normalized spacial score (nSPS) is 21.5. The monoisotopic (exact) mass is 476 g/mol. The fourth-order valence-electron chi connectivity index (χ4n) is 4.42. The van der Waals surface area contributed by atoms with Crippen LogP contribution in [0, 0.1) is 23.4 Å². The van der Waals surface area contributed by atoms with E-state index in [1.54, 1.807) is 4.90 Å². The molecule has 0 aliphatic carbocycles. The van der Waals surface area contributed by atoms with Crippen molar-refractivity contribution < 1.29 is 31.1 Å². The molecule has 0 saturated carbocycles. The Kier molecular flexibility index (Phi) is 8.57. The molecule has 2 aliphatic heterocycles. The Morgan fingerprint density at radius 3 is 2.44 bits per heavy atom. The summed E-state index contributed by atoms with van der Waals surface area (Å²) in [5.41, 5.74) is 6.22. The lowest BCUT2D eigenvalue weighted by Crippen LogP contribution is -2.44. The van der Waals surface area contributed by atoms with Crippen molar-refractivity contribution in [2.24, 2.45) is 11.7 Å². The number of piperidine rings is 1. The first-order valence-electron chi connectivity index (χ1n) is 11.1. The lowest BCUT2D eigenvalue weighted by molar-refractivity contribution is -0.132. The molecule has 32 heavy (non-hydrogen) atoms. The molecule has 1 aromatic carbocycles. The van der Waals surface area contributed by atoms with Gasteiger partial charge in [0.1, 0.15) is 5.82 Å². The molecule has 2 unspecified atom stereocenters. The first kappa shape index (κ1) is 25.0. The highest BCUT2D eigenvalue weighted by Crippen LogP contribution is 2.24. The number of amides is 1. The maximum absolute atomic E-state index is 13.9. The number of nitrogens with zero attached hydrogens (tertiary/aromatic N) is 1. The van der Waals surface area contributed by atoms with E-state index in [9.17, 15) is 26.4 Å². The van der Waals surface area contributed by atoms with Gasteiger partial charge >= 0.3 is 0 Å². The molecule has 0 radical (unpaired) electrons. The predicted molar refractivity (Wildman–Crippen MR) is 114 cm³/mol. The Morgan fingerprint density at radius 2 is 1.78 bits per heavy atom. The van der Waals surface area contributed by atoms with E-state index < -0.39 is 33.3 Å². The summed E-state index contributed by atoms with van der Waals surface area (Å²) in [7, 11) is -3.37. The van der Waals surface area contributed by atoms with Crippen molar-refractivity contribution in [2.45, 2.75) is 57.1 Å². The highest BCUT2D eigenvalue weighted by atomic mass is 32.2. The zero-order chi connectivity index (χ0) is 23.3. The zero-order valence-electron chi connectivity index (χ0n) is 18.1. The fourth-order valence-corrected chi connectivity index (χ4v) is 5.91. The molecule has 2 saturated heterocycles. The SMILES string of the molecule is NC(Cc1cc(F)c(F)cc1F)C1CCN(C(=O)CCS(=O)(=O)CC2CCCCO2)CC1. The van der Waals surface area contributed by atoms with E-state index in [1.807, 2.05) is 0 Å². The van der Waals surface area contributed by atoms with E-state index in [-0.39, 0.29) is 47.8 Å². The maximum atomic E-state index is 13.9. The quantitative estimate of drug-likeness (QED) is 0.583. The largest absolute Gasteiger partial charge is 0.377 e. The molecular formula is C22H31F3N2O4S. The van der Waals surface area contributed by atoms with Crippen LogP contribution in [-0.4, -0.2) is 62.6 Å². The Hall–Kier alpha value is -1.65. The third-order valence-electron chi connectivity index (χ3n) is 6.38. The number of hydrogen-bond acceptors (Lipinski definition) is 5. The molecule has 0 aromatic heterocycles. The van der Waals surface area contributed by atoms with Crippen LogP contribution in [0.25, 0.3) is 0 Å². The number of rotatable bonds is 8. The molecule has 2 atom stereocenters. The van der Waals surface area contributed by atoms with E-state index >= 15 is 0 Å². The minimum absolute atomic E-state index is 0.00116. The number of likely N-dealkylation sites (tertiary alicyclic amines) is 1. The third-order valence-corrected chi connectivity index (χ3v) is 8.09. The van der Waals surface area contributed by atoms with Gasteiger partial charge in [-0.2, -0.15) is 0 Å². The molecule has 2 aliphatic rings. The molecule has 2 fully saturated rings. The molecule has 6 nitrogen and oxygen atoms in total. The number of carbonyl (C=O) groups is 1. The highest BCUT2D eigenvalue weighted by molar-refractivity contribution is 7.91. The lowest BCUT2D eigenvalue weighted by Gasteiger charge is -2.35. The van der Waals surface area contributed by atoms with Crippen LogP contribution in [0.3, 0.4) is 0 Å². The van der Waals surface area contributed by atoms with Crippen molar-refractivity contribution in [3.8, 4) is 0 Å². The van der Waals surface area contributed by atoms with Crippen molar-refractivity contribution in [3.05, 3.63) is 35.1 Å². The van der Waals surface area contributed by atoms with Crippen molar-refractivity contribution in [3.63, 3.8) is 0 Å². The summed E-state index contributed by atoms with van der Waals surface area (Å²) < 4.78 is 70.5. The van der Waals surface area contributed by atoms with Crippen LogP contribution in [0.5, 0.6) is 0 Å². The third kappa shape index (κ3) is 6.92. The predicted octanol–water partition coefficient (Wildman–Crippen LogP) is 2.59. The summed E-state index contributed by atoms with van der Waals surface area (Å²) in [4.78, 5) is 14.1. The van der Waals surface area contributed by atoms with E-state index in [1.165, 1.54) is 0 Å². The van der Waals surface area contributed by atoms with Crippen molar-refractivity contribution in [1.29, 1.82) is 0 Å². The summed E-state index contributed by atoms with van der Waals surface area (Å²) in [6.45, 7) is 1.45. The van der Waals surface area contributed by atoms with E-state index in [4.69, 9.17) is 10.5 Å². The fraction of sp³-hybridized carbons (Fsp3) is 0.682. The van der Waals surface area contributed by atoms with Gasteiger partial charge in [0.15, 0.2) is 21.5 Å².